The van der Waals surface area contributed by atoms with Gasteiger partial charge in [-0.1, -0.05) is 58.1 Å². The van der Waals surface area contributed by atoms with Gasteiger partial charge in [0.25, 0.3) is 0 Å². The van der Waals surface area contributed by atoms with Crippen LogP contribution in [0.1, 0.15) is 65.2 Å². The minimum Gasteiger partial charge on any atom is -0.317 e. The Balaban J connectivity index is 3.48. The molecule has 0 radical (unpaired) electrons. The summed E-state index contributed by atoms with van der Waals surface area (Å²) in [7, 11) is 2.07. The predicted molar refractivity (Wildman–Crippen MR) is 70.3 cm³/mol. The van der Waals surface area contributed by atoms with E-state index in [1.54, 1.807) is 0 Å². The Morgan fingerprint density at radius 3 is 2.33 bits per heavy atom. The Hall–Kier alpha value is -0.300. The maximum Gasteiger partial charge on any atom is 0.0101 e. The smallest absolute Gasteiger partial charge is 0.0101 e. The maximum atomic E-state index is 4.08. The lowest BCUT2D eigenvalue weighted by molar-refractivity contribution is 0.478. The highest BCUT2D eigenvalue weighted by molar-refractivity contribution is 4.96. The van der Waals surface area contributed by atoms with Gasteiger partial charge in [0.2, 0.25) is 0 Å². The first-order valence-corrected chi connectivity index (χ1v) is 6.58. The fourth-order valence-corrected chi connectivity index (χ4v) is 1.84. The largest absolute Gasteiger partial charge is 0.317 e. The van der Waals surface area contributed by atoms with E-state index in [0.717, 1.165) is 12.8 Å². The number of hydrogen-bond acceptors (Lipinski definition) is 1. The van der Waals surface area contributed by atoms with Crippen LogP contribution in [0.5, 0.6) is 0 Å². The normalized spacial score (nSPS) is 12.7. The van der Waals surface area contributed by atoms with Crippen LogP contribution in [0.15, 0.2) is 12.2 Å². The van der Waals surface area contributed by atoms with Gasteiger partial charge < -0.3 is 5.32 Å². The minimum atomic E-state index is 0.652. The van der Waals surface area contributed by atoms with Crippen molar-refractivity contribution in [2.75, 3.05) is 7.05 Å². The highest BCUT2D eigenvalue weighted by Gasteiger charge is 2.06. The van der Waals surface area contributed by atoms with E-state index in [2.05, 4.69) is 32.8 Å². The zero-order valence-electron chi connectivity index (χ0n) is 10.9. The van der Waals surface area contributed by atoms with E-state index in [4.69, 9.17) is 0 Å². The van der Waals surface area contributed by atoms with E-state index in [9.17, 15) is 0 Å². The molecule has 0 amide bonds. The lowest BCUT2D eigenvalue weighted by atomic mass is 9.99. The van der Waals surface area contributed by atoms with E-state index in [1.165, 1.54) is 44.1 Å². The average Bonchev–Trinajstić information content (AvgIpc) is 2.26. The lowest BCUT2D eigenvalue weighted by Crippen LogP contribution is -2.25. The maximum absolute atomic E-state index is 4.08. The number of hydrogen-bond donors (Lipinski definition) is 1. The van der Waals surface area contributed by atoms with Crippen molar-refractivity contribution in [3.8, 4) is 0 Å². The standard InChI is InChI=1S/C14H29N/c1-5-7-8-9-10-11-14(15-4)12-13(3)6-2/h14-15H,3,5-12H2,1-2,4H3. The van der Waals surface area contributed by atoms with Crippen LogP contribution in [-0.4, -0.2) is 13.1 Å². The van der Waals surface area contributed by atoms with Crippen LogP contribution in [-0.2, 0) is 0 Å². The highest BCUT2D eigenvalue weighted by atomic mass is 14.9. The van der Waals surface area contributed by atoms with Gasteiger partial charge in [0.05, 0.1) is 0 Å². The quantitative estimate of drug-likeness (QED) is 0.420. The Morgan fingerprint density at radius 2 is 1.80 bits per heavy atom. The molecule has 1 unspecified atom stereocenters. The molecule has 15 heavy (non-hydrogen) atoms. The van der Waals surface area contributed by atoms with Gasteiger partial charge in [-0.05, 0) is 26.3 Å². The number of unbranched alkanes of at least 4 members (excludes halogenated alkanes) is 4. The van der Waals surface area contributed by atoms with Crippen molar-refractivity contribution in [1.29, 1.82) is 0 Å². The average molecular weight is 211 g/mol. The summed E-state index contributed by atoms with van der Waals surface area (Å²) in [5.41, 5.74) is 1.38. The van der Waals surface area contributed by atoms with Crippen LogP contribution in [0.2, 0.25) is 0 Å². The van der Waals surface area contributed by atoms with Crippen LogP contribution < -0.4 is 5.32 Å². The summed E-state index contributed by atoms with van der Waals surface area (Å²) in [6.07, 6.45) is 10.5. The number of rotatable bonds is 10. The fraction of sp³-hybridized carbons (Fsp3) is 0.857. The molecular formula is C14H29N. The van der Waals surface area contributed by atoms with Gasteiger partial charge in [0, 0.05) is 6.04 Å². The number of nitrogens with one attached hydrogen (secondary N) is 1. The zero-order chi connectivity index (χ0) is 11.5. The van der Waals surface area contributed by atoms with Crippen LogP contribution in [0, 0.1) is 0 Å². The molecule has 0 bridgehead atoms. The van der Waals surface area contributed by atoms with Gasteiger partial charge in [-0.25, -0.2) is 0 Å². The molecule has 1 N–H and O–H groups in total. The predicted octanol–water partition coefficient (Wildman–Crippen LogP) is 4.29. The van der Waals surface area contributed by atoms with Crippen molar-refractivity contribution in [2.45, 2.75) is 71.3 Å². The molecule has 0 heterocycles. The molecule has 0 aliphatic heterocycles. The van der Waals surface area contributed by atoms with Gasteiger partial charge in [-0.2, -0.15) is 0 Å². The van der Waals surface area contributed by atoms with Crippen molar-refractivity contribution in [3.63, 3.8) is 0 Å². The van der Waals surface area contributed by atoms with Crippen molar-refractivity contribution in [3.05, 3.63) is 12.2 Å². The van der Waals surface area contributed by atoms with Crippen molar-refractivity contribution < 1.29 is 0 Å². The molecule has 0 saturated heterocycles. The fourth-order valence-electron chi connectivity index (χ4n) is 1.84. The molecule has 1 heteroatoms. The molecule has 1 atom stereocenters. The Bertz CT molecular complexity index is 151. The molecule has 0 aromatic heterocycles. The Kier molecular flexibility index (Phi) is 10.0. The topological polar surface area (TPSA) is 12.0 Å². The summed E-state index contributed by atoms with van der Waals surface area (Å²) in [6, 6.07) is 0.652. The van der Waals surface area contributed by atoms with Crippen LogP contribution in [0.25, 0.3) is 0 Å². The van der Waals surface area contributed by atoms with Crippen molar-refractivity contribution in [1.82, 2.24) is 5.32 Å². The second kappa shape index (κ2) is 10.2. The summed E-state index contributed by atoms with van der Waals surface area (Å²) in [5.74, 6) is 0. The molecule has 0 aliphatic rings. The monoisotopic (exact) mass is 211 g/mol. The van der Waals surface area contributed by atoms with E-state index in [1.807, 2.05) is 0 Å². The molecule has 0 aliphatic carbocycles. The first-order chi connectivity index (χ1) is 7.24. The molecule has 0 spiro atoms. The summed E-state index contributed by atoms with van der Waals surface area (Å²) < 4.78 is 0. The van der Waals surface area contributed by atoms with Gasteiger partial charge in [-0.15, -0.1) is 0 Å². The van der Waals surface area contributed by atoms with Gasteiger partial charge >= 0.3 is 0 Å². The van der Waals surface area contributed by atoms with E-state index in [0.29, 0.717) is 6.04 Å². The SMILES string of the molecule is C=C(CC)CC(CCCCCCC)NC. The Morgan fingerprint density at radius 1 is 1.13 bits per heavy atom. The Labute approximate surface area is 96.3 Å². The second-order valence-corrected chi connectivity index (χ2v) is 4.50. The third-order valence-corrected chi connectivity index (χ3v) is 3.10. The van der Waals surface area contributed by atoms with Crippen molar-refractivity contribution >= 4 is 0 Å². The molecule has 0 rings (SSSR count). The van der Waals surface area contributed by atoms with E-state index < -0.39 is 0 Å². The third-order valence-electron chi connectivity index (χ3n) is 3.10. The van der Waals surface area contributed by atoms with E-state index >= 15 is 0 Å². The molecule has 1 nitrogen and oxygen atoms in total. The highest BCUT2D eigenvalue weighted by Crippen LogP contribution is 2.13. The minimum absolute atomic E-state index is 0.652. The first-order valence-electron chi connectivity index (χ1n) is 6.58. The van der Waals surface area contributed by atoms with Crippen LogP contribution in [0.3, 0.4) is 0 Å². The molecular weight excluding hydrogens is 182 g/mol. The van der Waals surface area contributed by atoms with Gasteiger partial charge in [-0.3, -0.25) is 0 Å². The zero-order valence-corrected chi connectivity index (χ0v) is 10.9. The molecule has 0 aromatic rings. The van der Waals surface area contributed by atoms with Crippen LogP contribution in [0.4, 0.5) is 0 Å². The molecule has 0 fully saturated rings. The summed E-state index contributed by atoms with van der Waals surface area (Å²) in [6.45, 7) is 8.53. The third kappa shape index (κ3) is 8.68. The van der Waals surface area contributed by atoms with E-state index in [-0.39, 0.29) is 0 Å². The molecule has 0 saturated carbocycles. The summed E-state index contributed by atoms with van der Waals surface area (Å²) >= 11 is 0. The summed E-state index contributed by atoms with van der Waals surface area (Å²) in [4.78, 5) is 0. The molecule has 0 aromatic carbocycles. The first kappa shape index (κ1) is 14.7. The van der Waals surface area contributed by atoms with Gasteiger partial charge in [0.15, 0.2) is 0 Å². The van der Waals surface area contributed by atoms with Crippen molar-refractivity contribution in [2.24, 2.45) is 0 Å². The lowest BCUT2D eigenvalue weighted by Gasteiger charge is -2.16. The molecule has 90 valence electrons. The second-order valence-electron chi connectivity index (χ2n) is 4.50. The van der Waals surface area contributed by atoms with Gasteiger partial charge in [0.1, 0.15) is 0 Å². The summed E-state index contributed by atoms with van der Waals surface area (Å²) in [5, 5.41) is 3.40. The van der Waals surface area contributed by atoms with Crippen LogP contribution >= 0.6 is 0 Å².